The van der Waals surface area contributed by atoms with Gasteiger partial charge in [0.2, 0.25) is 0 Å². The Morgan fingerprint density at radius 3 is 2.90 bits per heavy atom. The number of phenolic OH excluding ortho intramolecular Hbond substituents is 1. The zero-order valence-corrected chi connectivity index (χ0v) is 18.1. The first-order valence-corrected chi connectivity index (χ1v) is 10.2. The van der Waals surface area contributed by atoms with Crippen molar-refractivity contribution in [1.82, 2.24) is 19.7 Å². The Kier molecular flexibility index (Phi) is 5.47. The van der Waals surface area contributed by atoms with E-state index in [9.17, 15) is 5.11 Å². The van der Waals surface area contributed by atoms with Gasteiger partial charge in [0.1, 0.15) is 5.52 Å². The summed E-state index contributed by atoms with van der Waals surface area (Å²) in [6, 6.07) is 11.6. The van der Waals surface area contributed by atoms with Crippen LogP contribution in [0.1, 0.15) is 18.9 Å². The second kappa shape index (κ2) is 8.19. The number of aromatic nitrogens is 4. The minimum Gasteiger partial charge on any atom is -0.504 e. The van der Waals surface area contributed by atoms with E-state index in [-0.39, 0.29) is 5.75 Å². The van der Waals surface area contributed by atoms with Crippen LogP contribution in [-0.2, 0) is 6.54 Å². The Morgan fingerprint density at radius 2 is 2.10 bits per heavy atom. The van der Waals surface area contributed by atoms with Gasteiger partial charge in [-0.15, -0.1) is 10.2 Å². The van der Waals surface area contributed by atoms with Crippen molar-refractivity contribution in [1.29, 1.82) is 0 Å². The predicted molar refractivity (Wildman–Crippen MR) is 122 cm³/mol. The van der Waals surface area contributed by atoms with Crippen LogP contribution < -0.4 is 10.2 Å². The van der Waals surface area contributed by atoms with Crippen molar-refractivity contribution in [3.05, 3.63) is 45.5 Å². The lowest BCUT2D eigenvalue weighted by atomic mass is 10.2. The van der Waals surface area contributed by atoms with E-state index in [1.165, 1.54) is 7.11 Å². The zero-order valence-electron chi connectivity index (χ0n) is 15.9. The van der Waals surface area contributed by atoms with Crippen LogP contribution in [0.2, 0.25) is 0 Å². The molecule has 2 aromatic heterocycles. The number of rotatable bonds is 6. The molecule has 2 heterocycles. The quantitative estimate of drug-likeness (QED) is 0.234. The summed E-state index contributed by atoms with van der Waals surface area (Å²) in [5.74, 6) is 0.816. The molecule has 4 rings (SSSR count). The van der Waals surface area contributed by atoms with Gasteiger partial charge in [-0.25, -0.2) is 5.43 Å². The predicted octanol–water partition coefficient (Wildman–Crippen LogP) is 4.15. The van der Waals surface area contributed by atoms with Gasteiger partial charge >= 0.3 is 0 Å². The van der Waals surface area contributed by atoms with E-state index in [1.807, 2.05) is 40.8 Å². The lowest BCUT2D eigenvalue weighted by Gasteiger charge is -2.06. The molecule has 0 bridgehead atoms. The van der Waals surface area contributed by atoms with Crippen LogP contribution in [0.4, 0.5) is 5.95 Å². The molecule has 2 aromatic carbocycles. The normalized spacial score (nSPS) is 11.6. The Labute approximate surface area is 180 Å². The molecule has 0 spiro atoms. The number of phenols is 1. The average molecular weight is 502 g/mol. The van der Waals surface area contributed by atoms with Crippen LogP contribution in [0.15, 0.2) is 41.5 Å². The van der Waals surface area contributed by atoms with Gasteiger partial charge in [0.15, 0.2) is 17.1 Å². The monoisotopic (exact) mass is 502 g/mol. The van der Waals surface area contributed by atoms with Crippen LogP contribution in [-0.4, -0.2) is 38.2 Å². The van der Waals surface area contributed by atoms with E-state index < -0.39 is 0 Å². The van der Waals surface area contributed by atoms with Gasteiger partial charge in [-0.2, -0.15) is 10.1 Å². The lowest BCUT2D eigenvalue weighted by molar-refractivity contribution is 0.371. The van der Waals surface area contributed by atoms with E-state index in [0.717, 1.165) is 40.6 Å². The Morgan fingerprint density at radius 1 is 1.28 bits per heavy atom. The Hall–Kier alpha value is -2.95. The lowest BCUT2D eigenvalue weighted by Crippen LogP contribution is -2.03. The van der Waals surface area contributed by atoms with E-state index in [0.29, 0.717) is 15.3 Å². The summed E-state index contributed by atoms with van der Waals surface area (Å²) in [6.07, 6.45) is 2.60. The van der Waals surface area contributed by atoms with Crippen LogP contribution in [0.5, 0.6) is 11.5 Å². The van der Waals surface area contributed by atoms with Crippen molar-refractivity contribution in [2.45, 2.75) is 19.9 Å². The standard InChI is InChI=1S/C20H19IN6O2/c1-3-8-27-15-7-5-4-6-13(15)17-19(27)23-20(26-24-17)25-22-11-12-9-14(21)18(28)16(10-12)29-2/h4-7,9-11,28H,3,8H2,1-2H3,(H,23,25,26)/b22-11+. The fraction of sp³-hybridized carbons (Fsp3) is 0.200. The van der Waals surface area contributed by atoms with Gasteiger partial charge in [0, 0.05) is 11.9 Å². The van der Waals surface area contributed by atoms with Crippen molar-refractivity contribution in [3.8, 4) is 11.5 Å². The SMILES string of the molecule is CCCn1c2ccccc2c2nnc(N/N=C/c3cc(I)c(O)c(OC)c3)nc21. The molecular formula is C20H19IN6O2. The summed E-state index contributed by atoms with van der Waals surface area (Å²) in [7, 11) is 1.51. The van der Waals surface area contributed by atoms with E-state index >= 15 is 0 Å². The van der Waals surface area contributed by atoms with Crippen LogP contribution in [0.3, 0.4) is 0 Å². The van der Waals surface area contributed by atoms with E-state index in [4.69, 9.17) is 4.74 Å². The highest BCUT2D eigenvalue weighted by Crippen LogP contribution is 2.32. The van der Waals surface area contributed by atoms with Gasteiger partial charge in [-0.05, 0) is 52.8 Å². The molecule has 4 aromatic rings. The number of hydrogen-bond acceptors (Lipinski definition) is 7. The molecule has 0 radical (unpaired) electrons. The molecule has 0 aliphatic heterocycles. The molecule has 9 heteroatoms. The third-order valence-corrected chi connectivity index (χ3v) is 5.29. The largest absolute Gasteiger partial charge is 0.504 e. The molecular weight excluding hydrogens is 483 g/mol. The molecule has 0 saturated carbocycles. The van der Waals surface area contributed by atoms with E-state index in [2.05, 4.69) is 43.3 Å². The molecule has 148 valence electrons. The minimum atomic E-state index is 0.111. The zero-order chi connectivity index (χ0) is 20.4. The van der Waals surface area contributed by atoms with Gasteiger partial charge in [0.25, 0.3) is 5.95 Å². The number of anilines is 1. The first-order valence-electron chi connectivity index (χ1n) is 9.09. The second-order valence-corrected chi connectivity index (χ2v) is 7.56. The number of para-hydroxylation sites is 1. The van der Waals surface area contributed by atoms with Crippen LogP contribution in [0, 0.1) is 3.57 Å². The number of aryl methyl sites for hydroxylation is 1. The summed E-state index contributed by atoms with van der Waals surface area (Å²) in [5, 5.41) is 23.7. The number of benzene rings is 2. The fourth-order valence-electron chi connectivity index (χ4n) is 3.19. The topological polar surface area (TPSA) is 97.5 Å². The number of hydrogen-bond donors (Lipinski definition) is 2. The van der Waals surface area contributed by atoms with Gasteiger partial charge < -0.3 is 14.4 Å². The molecule has 0 amide bonds. The molecule has 2 N–H and O–H groups in total. The number of halogens is 1. The highest BCUT2D eigenvalue weighted by atomic mass is 127. The number of nitrogens with zero attached hydrogens (tertiary/aromatic N) is 5. The highest BCUT2D eigenvalue weighted by Gasteiger charge is 2.14. The molecule has 8 nitrogen and oxygen atoms in total. The van der Waals surface area contributed by atoms with E-state index in [1.54, 1.807) is 18.3 Å². The molecule has 0 aliphatic rings. The average Bonchev–Trinajstić information content (AvgIpc) is 3.04. The first kappa shape index (κ1) is 19.4. The first-order chi connectivity index (χ1) is 14.1. The molecule has 0 unspecified atom stereocenters. The van der Waals surface area contributed by atoms with Crippen LogP contribution >= 0.6 is 22.6 Å². The number of nitrogens with one attached hydrogen (secondary N) is 1. The minimum absolute atomic E-state index is 0.111. The smallest absolute Gasteiger partial charge is 0.265 e. The number of ether oxygens (including phenoxy) is 1. The number of methoxy groups -OCH3 is 1. The molecule has 0 saturated heterocycles. The summed E-state index contributed by atoms with van der Waals surface area (Å²) >= 11 is 2.04. The molecule has 0 fully saturated rings. The van der Waals surface area contributed by atoms with Crippen molar-refractivity contribution in [2.24, 2.45) is 5.10 Å². The maximum Gasteiger partial charge on any atom is 0.265 e. The molecule has 0 atom stereocenters. The van der Waals surface area contributed by atoms with Crippen molar-refractivity contribution in [2.75, 3.05) is 12.5 Å². The van der Waals surface area contributed by atoms with Crippen molar-refractivity contribution < 1.29 is 9.84 Å². The van der Waals surface area contributed by atoms with Crippen LogP contribution in [0.25, 0.3) is 22.1 Å². The number of hydrazone groups is 1. The Balaban J connectivity index is 1.65. The third kappa shape index (κ3) is 3.69. The number of aromatic hydroxyl groups is 1. The number of fused-ring (bicyclic) bond motifs is 3. The maximum atomic E-state index is 9.93. The highest BCUT2D eigenvalue weighted by molar-refractivity contribution is 14.1. The van der Waals surface area contributed by atoms with Gasteiger partial charge in [0.05, 0.1) is 22.4 Å². The summed E-state index contributed by atoms with van der Waals surface area (Å²) in [4.78, 5) is 4.63. The van der Waals surface area contributed by atoms with Crippen molar-refractivity contribution >= 4 is 56.8 Å². The molecule has 29 heavy (non-hydrogen) atoms. The molecule has 0 aliphatic carbocycles. The fourth-order valence-corrected chi connectivity index (χ4v) is 3.81. The Bertz CT molecular complexity index is 1220. The summed E-state index contributed by atoms with van der Waals surface area (Å²) < 4.78 is 8.00. The van der Waals surface area contributed by atoms with Gasteiger partial charge in [-0.3, -0.25) is 0 Å². The van der Waals surface area contributed by atoms with Crippen molar-refractivity contribution in [3.63, 3.8) is 0 Å². The second-order valence-electron chi connectivity index (χ2n) is 6.40. The summed E-state index contributed by atoms with van der Waals surface area (Å²) in [5.41, 5.74) is 6.26. The maximum absolute atomic E-state index is 9.93. The summed E-state index contributed by atoms with van der Waals surface area (Å²) in [6.45, 7) is 2.98. The third-order valence-electron chi connectivity index (χ3n) is 4.47. The van der Waals surface area contributed by atoms with Gasteiger partial charge in [-0.1, -0.05) is 25.1 Å².